The van der Waals surface area contributed by atoms with Gasteiger partial charge in [0.25, 0.3) is 11.8 Å². The largest absolute Gasteiger partial charge is 0.432 e. The number of carbonyl (C=O) groups is 3. The van der Waals surface area contributed by atoms with Gasteiger partial charge in [0.05, 0.1) is 31.4 Å². The van der Waals surface area contributed by atoms with Crippen LogP contribution in [0.5, 0.6) is 0 Å². The van der Waals surface area contributed by atoms with Crippen LogP contribution in [0.2, 0.25) is 18.6 Å². The van der Waals surface area contributed by atoms with Crippen molar-refractivity contribution >= 4 is 53.3 Å². The number of rotatable bonds is 11. The topological polar surface area (TPSA) is 140 Å². The minimum atomic E-state index is -3.02. The highest BCUT2D eigenvalue weighted by molar-refractivity contribution is 9.10. The lowest BCUT2D eigenvalue weighted by atomic mass is 9.82. The van der Waals surface area contributed by atoms with Gasteiger partial charge in [-0.15, -0.1) is 0 Å². The van der Waals surface area contributed by atoms with Crippen molar-refractivity contribution in [2.75, 3.05) is 23.4 Å². The van der Waals surface area contributed by atoms with Crippen LogP contribution in [-0.2, 0) is 37.8 Å². The molecule has 2 aliphatic rings. The van der Waals surface area contributed by atoms with Crippen molar-refractivity contribution in [3.63, 3.8) is 0 Å². The maximum absolute atomic E-state index is 14.7. The van der Waals surface area contributed by atoms with Crippen molar-refractivity contribution in [1.29, 1.82) is 0 Å². The van der Waals surface area contributed by atoms with Gasteiger partial charge in [-0.3, -0.25) is 14.4 Å². The third-order valence-corrected chi connectivity index (χ3v) is 12.2. The molecule has 1 fully saturated rings. The van der Waals surface area contributed by atoms with E-state index >= 15 is 0 Å². The number of nitrogens with one attached hydrogen (secondary N) is 1. The zero-order valence-corrected chi connectivity index (χ0v) is 29.6. The number of hydrogen-bond donors (Lipinski definition) is 4. The standard InChI is InChI=1S/C35H42BrN3O7Si/c1-22-32(47(3,4)45)30(19-31(42)38(15-16-40)20-24-9-6-5-7-10-24)46-35(22)28-18-26(36)13-14-29(28)39(34(35)44)21-25-11-8-12-27(17-25)37-33(43)23(2)41/h5-14,17-18,22-23,30,32,40-41,45H,15-16,19-21H2,1-4H3,(H,37,43)/t22-,23-,30+,32-,35+/m0/s1. The number of ether oxygens (including phenoxy) is 1. The minimum absolute atomic E-state index is 0.0534. The number of aliphatic hydroxyl groups excluding tert-OH is 2. The molecule has 0 aromatic heterocycles. The smallest absolute Gasteiger partial charge is 0.264 e. The molecule has 12 heteroatoms. The second-order valence-corrected chi connectivity index (χ2v) is 17.9. The molecule has 5 atom stereocenters. The SMILES string of the molecule is C[C@H](O)C(=O)Nc1cccc(CN2C(=O)[C@]3(O[C@H](CC(=O)N(CCO)Cc4ccccc4)[C@@H]([Si](C)(C)O)[C@@H]3C)c3cc(Br)ccc32)c1. The first-order valence-electron chi connectivity index (χ1n) is 15.8. The normalized spacial score (nSPS) is 22.8. The number of amides is 3. The van der Waals surface area contributed by atoms with Gasteiger partial charge in [0.15, 0.2) is 13.9 Å². The van der Waals surface area contributed by atoms with Gasteiger partial charge >= 0.3 is 0 Å². The summed E-state index contributed by atoms with van der Waals surface area (Å²) in [6, 6.07) is 22.2. The van der Waals surface area contributed by atoms with E-state index in [1.807, 2.05) is 74.6 Å². The predicted molar refractivity (Wildman–Crippen MR) is 185 cm³/mol. The minimum Gasteiger partial charge on any atom is -0.432 e. The summed E-state index contributed by atoms with van der Waals surface area (Å²) in [6.45, 7) is 7.38. The summed E-state index contributed by atoms with van der Waals surface area (Å²) in [6.07, 6.45) is -1.97. The van der Waals surface area contributed by atoms with Crippen LogP contribution in [0.15, 0.2) is 77.3 Å². The fourth-order valence-electron chi connectivity index (χ4n) is 7.10. The van der Waals surface area contributed by atoms with Crippen molar-refractivity contribution in [2.45, 2.75) is 69.8 Å². The lowest BCUT2D eigenvalue weighted by Crippen LogP contribution is -2.46. The van der Waals surface area contributed by atoms with Crippen LogP contribution >= 0.6 is 15.9 Å². The third-order valence-electron chi connectivity index (χ3n) is 9.18. The molecule has 1 saturated heterocycles. The average molecular weight is 725 g/mol. The summed E-state index contributed by atoms with van der Waals surface area (Å²) in [5, 5.41) is 22.1. The van der Waals surface area contributed by atoms with E-state index in [1.165, 1.54) is 6.92 Å². The summed E-state index contributed by atoms with van der Waals surface area (Å²) in [5.74, 6) is -1.51. The second kappa shape index (κ2) is 14.0. The highest BCUT2D eigenvalue weighted by Crippen LogP contribution is 2.60. The Kier molecular flexibility index (Phi) is 10.4. The van der Waals surface area contributed by atoms with Gasteiger partial charge in [-0.25, -0.2) is 0 Å². The van der Waals surface area contributed by atoms with E-state index in [-0.39, 0.29) is 37.9 Å². The molecule has 2 heterocycles. The van der Waals surface area contributed by atoms with Crippen molar-refractivity contribution in [3.8, 4) is 0 Å². The molecule has 5 rings (SSSR count). The highest BCUT2D eigenvalue weighted by atomic mass is 79.9. The number of hydrogen-bond acceptors (Lipinski definition) is 7. The van der Waals surface area contributed by atoms with E-state index in [4.69, 9.17) is 4.74 Å². The number of fused-ring (bicyclic) bond motifs is 2. The van der Waals surface area contributed by atoms with E-state index in [9.17, 15) is 29.4 Å². The third kappa shape index (κ3) is 7.08. The lowest BCUT2D eigenvalue weighted by molar-refractivity contribution is -0.150. The molecule has 1 spiro atoms. The van der Waals surface area contributed by atoms with Gasteiger partial charge in [0, 0.05) is 40.3 Å². The Hall–Kier alpha value is -3.39. The molecule has 3 aromatic rings. The number of nitrogens with zero attached hydrogens (tertiary/aromatic N) is 2. The predicted octanol–water partition coefficient (Wildman–Crippen LogP) is 4.52. The maximum Gasteiger partial charge on any atom is 0.264 e. The number of anilines is 2. The van der Waals surface area contributed by atoms with Crippen LogP contribution in [0.3, 0.4) is 0 Å². The van der Waals surface area contributed by atoms with Crippen molar-refractivity contribution in [3.05, 3.63) is 94.0 Å². The molecule has 0 saturated carbocycles. The molecule has 0 bridgehead atoms. The molecule has 10 nitrogen and oxygen atoms in total. The van der Waals surface area contributed by atoms with E-state index in [2.05, 4.69) is 21.2 Å². The van der Waals surface area contributed by atoms with Gasteiger partial charge in [-0.1, -0.05) is 65.3 Å². The average Bonchev–Trinajstić information content (AvgIpc) is 3.43. The van der Waals surface area contributed by atoms with E-state index in [0.29, 0.717) is 23.5 Å². The Balaban J connectivity index is 1.48. The van der Waals surface area contributed by atoms with Crippen molar-refractivity contribution < 1.29 is 34.1 Å². The van der Waals surface area contributed by atoms with Gasteiger partial charge in [0.1, 0.15) is 6.10 Å². The Morgan fingerprint density at radius 3 is 2.45 bits per heavy atom. The Bertz CT molecular complexity index is 1630. The molecule has 0 radical (unpaired) electrons. The number of benzene rings is 3. The molecular formula is C35H42BrN3O7Si. The molecule has 250 valence electrons. The monoisotopic (exact) mass is 723 g/mol. The van der Waals surface area contributed by atoms with Crippen LogP contribution in [-0.4, -0.2) is 71.3 Å². The molecule has 2 aliphatic heterocycles. The summed E-state index contributed by atoms with van der Waals surface area (Å²) >= 11 is 3.57. The van der Waals surface area contributed by atoms with Crippen LogP contribution in [0.4, 0.5) is 11.4 Å². The summed E-state index contributed by atoms with van der Waals surface area (Å²) in [7, 11) is -3.02. The fraction of sp³-hybridized carbons (Fsp3) is 0.400. The zero-order chi connectivity index (χ0) is 34.1. The summed E-state index contributed by atoms with van der Waals surface area (Å²) < 4.78 is 7.60. The first kappa shape index (κ1) is 34.9. The van der Waals surface area contributed by atoms with Gasteiger partial charge < -0.3 is 34.9 Å². The Morgan fingerprint density at radius 1 is 1.09 bits per heavy atom. The van der Waals surface area contributed by atoms with Gasteiger partial charge in [0.2, 0.25) is 5.91 Å². The number of carbonyl (C=O) groups excluding carboxylic acids is 3. The fourth-order valence-corrected chi connectivity index (χ4v) is 10.0. The molecule has 47 heavy (non-hydrogen) atoms. The molecule has 4 N–H and O–H groups in total. The first-order valence-corrected chi connectivity index (χ1v) is 19.6. The van der Waals surface area contributed by atoms with Crippen LogP contribution in [0.1, 0.15) is 37.0 Å². The van der Waals surface area contributed by atoms with Crippen LogP contribution < -0.4 is 10.2 Å². The molecule has 0 aliphatic carbocycles. The highest BCUT2D eigenvalue weighted by Gasteiger charge is 2.66. The van der Waals surface area contributed by atoms with Crippen molar-refractivity contribution in [2.24, 2.45) is 5.92 Å². The quantitative estimate of drug-likeness (QED) is 0.213. The molecule has 3 aromatic carbocycles. The van der Waals surface area contributed by atoms with E-state index in [0.717, 1.165) is 15.6 Å². The number of halogens is 1. The zero-order valence-electron chi connectivity index (χ0n) is 27.0. The molecule has 0 unspecified atom stereocenters. The number of aliphatic hydroxyl groups is 2. The Labute approximate surface area is 284 Å². The second-order valence-electron chi connectivity index (χ2n) is 13.0. The van der Waals surface area contributed by atoms with E-state index < -0.39 is 43.5 Å². The first-order chi connectivity index (χ1) is 22.3. The molecule has 3 amide bonds. The van der Waals surface area contributed by atoms with Crippen LogP contribution in [0.25, 0.3) is 0 Å². The summed E-state index contributed by atoms with van der Waals surface area (Å²) in [4.78, 5) is 55.6. The van der Waals surface area contributed by atoms with Crippen LogP contribution in [0, 0.1) is 5.92 Å². The van der Waals surface area contributed by atoms with Gasteiger partial charge in [-0.05, 0) is 61.5 Å². The van der Waals surface area contributed by atoms with Gasteiger partial charge in [-0.2, -0.15) is 0 Å². The van der Waals surface area contributed by atoms with E-state index in [1.54, 1.807) is 28.0 Å². The van der Waals surface area contributed by atoms with Crippen molar-refractivity contribution in [1.82, 2.24) is 4.90 Å². The maximum atomic E-state index is 14.7. The Morgan fingerprint density at radius 2 is 1.79 bits per heavy atom. The lowest BCUT2D eigenvalue weighted by Gasteiger charge is -2.32. The summed E-state index contributed by atoms with van der Waals surface area (Å²) in [5.41, 5.74) is 1.60. The molecular weight excluding hydrogens is 682 g/mol.